The lowest BCUT2D eigenvalue weighted by molar-refractivity contribution is 0.198. The maximum absolute atomic E-state index is 5.42. The van der Waals surface area contributed by atoms with E-state index in [0.717, 1.165) is 38.4 Å². The van der Waals surface area contributed by atoms with Crippen LogP contribution in [0.4, 0.5) is 11.4 Å². The van der Waals surface area contributed by atoms with E-state index in [4.69, 9.17) is 12.2 Å². The Labute approximate surface area is 162 Å². The summed E-state index contributed by atoms with van der Waals surface area (Å²) in [7, 11) is 0. The van der Waals surface area contributed by atoms with Crippen molar-refractivity contribution in [3.63, 3.8) is 0 Å². The average molecular weight is 369 g/mol. The Morgan fingerprint density at radius 2 is 1.65 bits per heavy atom. The Morgan fingerprint density at radius 1 is 1.00 bits per heavy atom. The highest BCUT2D eigenvalue weighted by Crippen LogP contribution is 2.16. The second-order valence-electron chi connectivity index (χ2n) is 6.91. The van der Waals surface area contributed by atoms with Crippen LogP contribution in [0.15, 0.2) is 54.6 Å². The molecule has 1 unspecified atom stereocenters. The number of piperazine rings is 1. The molecule has 0 spiro atoms. The topological polar surface area (TPSA) is 30.5 Å². The number of nitrogens with one attached hydrogen (secondary N) is 2. The van der Waals surface area contributed by atoms with Gasteiger partial charge in [-0.25, -0.2) is 0 Å². The molecule has 1 aliphatic heterocycles. The van der Waals surface area contributed by atoms with Crippen LogP contribution in [0.3, 0.4) is 0 Å². The molecule has 0 aromatic heterocycles. The van der Waals surface area contributed by atoms with Crippen molar-refractivity contribution >= 4 is 28.7 Å². The molecular formula is C21H28N4S. The van der Waals surface area contributed by atoms with E-state index in [-0.39, 0.29) is 0 Å². The second kappa shape index (κ2) is 9.01. The highest BCUT2D eigenvalue weighted by molar-refractivity contribution is 7.80. The van der Waals surface area contributed by atoms with Crippen LogP contribution in [0.2, 0.25) is 0 Å². The molecule has 1 atom stereocenters. The Morgan fingerprint density at radius 3 is 2.31 bits per heavy atom. The fraction of sp³-hybridized carbons (Fsp3) is 0.381. The molecule has 0 amide bonds. The monoisotopic (exact) mass is 368 g/mol. The minimum absolute atomic E-state index is 0.450. The third kappa shape index (κ3) is 5.19. The standard InChI is InChI=1S/C21H28N4S/c1-17-8-10-19(11-9-17)23-21(26)22-16-18(2)24-12-14-25(15-13-24)20-6-4-3-5-7-20/h3-11,18H,12-16H2,1-2H3,(H2,22,23,26). The molecule has 2 aromatic rings. The number of aryl methyl sites for hydroxylation is 1. The summed E-state index contributed by atoms with van der Waals surface area (Å²) in [6, 6.07) is 19.4. The van der Waals surface area contributed by atoms with Gasteiger partial charge in [0.15, 0.2) is 5.11 Å². The zero-order valence-electron chi connectivity index (χ0n) is 15.6. The van der Waals surface area contributed by atoms with Gasteiger partial charge in [-0.1, -0.05) is 35.9 Å². The largest absolute Gasteiger partial charge is 0.369 e. The van der Waals surface area contributed by atoms with Gasteiger partial charge in [-0.15, -0.1) is 0 Å². The first-order chi connectivity index (χ1) is 12.6. The number of benzene rings is 2. The Hall–Kier alpha value is -2.11. The molecule has 0 aliphatic carbocycles. The van der Waals surface area contributed by atoms with Crippen LogP contribution in [0, 0.1) is 6.92 Å². The van der Waals surface area contributed by atoms with Gasteiger partial charge in [-0.05, 0) is 50.3 Å². The lowest BCUT2D eigenvalue weighted by atomic mass is 10.2. The quantitative estimate of drug-likeness (QED) is 0.789. The van der Waals surface area contributed by atoms with E-state index in [1.165, 1.54) is 11.3 Å². The number of hydrogen-bond acceptors (Lipinski definition) is 3. The zero-order chi connectivity index (χ0) is 18.4. The van der Waals surface area contributed by atoms with Crippen LogP contribution in [0.1, 0.15) is 12.5 Å². The number of para-hydroxylation sites is 1. The normalized spacial score (nSPS) is 16.2. The predicted octanol–water partition coefficient (Wildman–Crippen LogP) is 3.49. The van der Waals surface area contributed by atoms with E-state index in [9.17, 15) is 0 Å². The molecule has 0 bridgehead atoms. The summed E-state index contributed by atoms with van der Waals surface area (Å²) in [5.41, 5.74) is 3.59. The van der Waals surface area contributed by atoms with Gasteiger partial charge in [0, 0.05) is 50.1 Å². The zero-order valence-corrected chi connectivity index (χ0v) is 16.4. The van der Waals surface area contributed by atoms with Gasteiger partial charge < -0.3 is 15.5 Å². The van der Waals surface area contributed by atoms with Gasteiger partial charge in [0.05, 0.1) is 0 Å². The molecule has 2 aromatic carbocycles. The summed E-state index contributed by atoms with van der Waals surface area (Å²) in [6.45, 7) is 9.49. The van der Waals surface area contributed by atoms with Crippen molar-refractivity contribution in [2.24, 2.45) is 0 Å². The Balaban J connectivity index is 1.40. The van der Waals surface area contributed by atoms with Gasteiger partial charge in [0.25, 0.3) is 0 Å². The number of thiocarbonyl (C=S) groups is 1. The van der Waals surface area contributed by atoms with E-state index in [0.29, 0.717) is 11.2 Å². The van der Waals surface area contributed by atoms with E-state index in [1.54, 1.807) is 0 Å². The summed E-state index contributed by atoms with van der Waals surface area (Å²) in [6.07, 6.45) is 0. The van der Waals surface area contributed by atoms with Gasteiger partial charge in [-0.3, -0.25) is 4.90 Å². The molecule has 1 aliphatic rings. The van der Waals surface area contributed by atoms with E-state index >= 15 is 0 Å². The maximum Gasteiger partial charge on any atom is 0.170 e. The minimum atomic E-state index is 0.450. The van der Waals surface area contributed by atoms with Crippen molar-refractivity contribution in [3.05, 3.63) is 60.2 Å². The molecule has 138 valence electrons. The van der Waals surface area contributed by atoms with Crippen molar-refractivity contribution in [1.29, 1.82) is 0 Å². The predicted molar refractivity (Wildman–Crippen MR) is 115 cm³/mol. The summed E-state index contributed by atoms with van der Waals surface area (Å²) >= 11 is 5.42. The van der Waals surface area contributed by atoms with Crippen LogP contribution < -0.4 is 15.5 Å². The van der Waals surface area contributed by atoms with Crippen molar-refractivity contribution in [2.45, 2.75) is 19.9 Å². The lowest BCUT2D eigenvalue weighted by Crippen LogP contribution is -2.52. The molecule has 0 saturated carbocycles. The van der Waals surface area contributed by atoms with E-state index in [1.807, 2.05) is 0 Å². The first kappa shape index (κ1) is 18.7. The lowest BCUT2D eigenvalue weighted by Gasteiger charge is -2.39. The Bertz CT molecular complexity index is 694. The molecule has 26 heavy (non-hydrogen) atoms. The molecule has 1 fully saturated rings. The maximum atomic E-state index is 5.42. The third-order valence-electron chi connectivity index (χ3n) is 4.93. The molecule has 4 nitrogen and oxygen atoms in total. The third-order valence-corrected chi connectivity index (χ3v) is 5.17. The van der Waals surface area contributed by atoms with Gasteiger partial charge in [0.2, 0.25) is 0 Å². The first-order valence-corrected chi connectivity index (χ1v) is 9.68. The number of anilines is 2. The summed E-state index contributed by atoms with van der Waals surface area (Å²) in [5.74, 6) is 0. The van der Waals surface area contributed by atoms with Crippen LogP contribution in [-0.4, -0.2) is 48.8 Å². The smallest absolute Gasteiger partial charge is 0.170 e. The van der Waals surface area contributed by atoms with Crippen LogP contribution in [0.25, 0.3) is 0 Å². The van der Waals surface area contributed by atoms with Crippen LogP contribution >= 0.6 is 12.2 Å². The van der Waals surface area contributed by atoms with Gasteiger partial charge in [0.1, 0.15) is 0 Å². The number of rotatable bonds is 5. The van der Waals surface area contributed by atoms with Gasteiger partial charge in [-0.2, -0.15) is 0 Å². The number of nitrogens with zero attached hydrogens (tertiary/aromatic N) is 2. The fourth-order valence-electron chi connectivity index (χ4n) is 3.24. The van der Waals surface area contributed by atoms with Crippen molar-refractivity contribution in [3.8, 4) is 0 Å². The van der Waals surface area contributed by atoms with Crippen molar-refractivity contribution < 1.29 is 0 Å². The average Bonchev–Trinajstić information content (AvgIpc) is 2.69. The molecule has 3 rings (SSSR count). The van der Waals surface area contributed by atoms with Crippen LogP contribution in [0.5, 0.6) is 0 Å². The van der Waals surface area contributed by atoms with Crippen molar-refractivity contribution in [1.82, 2.24) is 10.2 Å². The summed E-state index contributed by atoms with van der Waals surface area (Å²) in [5, 5.41) is 7.28. The molecule has 5 heteroatoms. The highest BCUT2D eigenvalue weighted by Gasteiger charge is 2.21. The highest BCUT2D eigenvalue weighted by atomic mass is 32.1. The summed E-state index contributed by atoms with van der Waals surface area (Å²) in [4.78, 5) is 4.99. The SMILES string of the molecule is Cc1ccc(NC(=S)NCC(C)N2CCN(c3ccccc3)CC2)cc1. The van der Waals surface area contributed by atoms with E-state index in [2.05, 4.69) is 88.9 Å². The molecule has 0 radical (unpaired) electrons. The molecule has 1 heterocycles. The van der Waals surface area contributed by atoms with E-state index < -0.39 is 0 Å². The fourth-order valence-corrected chi connectivity index (χ4v) is 3.44. The number of hydrogen-bond donors (Lipinski definition) is 2. The first-order valence-electron chi connectivity index (χ1n) is 9.27. The molecule has 2 N–H and O–H groups in total. The Kier molecular flexibility index (Phi) is 6.47. The molecular weight excluding hydrogens is 340 g/mol. The summed E-state index contributed by atoms with van der Waals surface area (Å²) < 4.78 is 0. The molecule has 1 saturated heterocycles. The minimum Gasteiger partial charge on any atom is -0.369 e. The van der Waals surface area contributed by atoms with Crippen LogP contribution in [-0.2, 0) is 0 Å². The van der Waals surface area contributed by atoms with Gasteiger partial charge >= 0.3 is 0 Å². The second-order valence-corrected chi connectivity index (χ2v) is 7.32. The van der Waals surface area contributed by atoms with Crippen molar-refractivity contribution in [2.75, 3.05) is 42.9 Å².